The Morgan fingerprint density at radius 1 is 1.07 bits per heavy atom. The molecule has 0 unspecified atom stereocenters. The maximum atomic E-state index is 12.3. The van der Waals surface area contributed by atoms with Crippen LogP contribution in [0.1, 0.15) is 13.3 Å². The van der Waals surface area contributed by atoms with Gasteiger partial charge >= 0.3 is 12.0 Å². The molecule has 1 fully saturated rings. The quantitative estimate of drug-likeness (QED) is 0.754. The van der Waals surface area contributed by atoms with E-state index in [1.165, 1.54) is 10.7 Å². The van der Waals surface area contributed by atoms with E-state index >= 15 is 0 Å². The Balaban J connectivity index is 1.64. The topological polar surface area (TPSA) is 96.8 Å². The van der Waals surface area contributed by atoms with E-state index in [2.05, 4.69) is 15.3 Å². The first-order chi connectivity index (χ1) is 14.1. The van der Waals surface area contributed by atoms with Gasteiger partial charge in [0.2, 0.25) is 0 Å². The van der Waals surface area contributed by atoms with Gasteiger partial charge in [-0.25, -0.2) is 4.79 Å². The third-order valence-corrected chi connectivity index (χ3v) is 4.58. The van der Waals surface area contributed by atoms with Crippen molar-refractivity contribution in [3.63, 3.8) is 0 Å². The average molecular weight is 399 g/mol. The van der Waals surface area contributed by atoms with E-state index in [4.69, 9.17) is 4.74 Å². The van der Waals surface area contributed by atoms with Crippen molar-refractivity contribution in [1.29, 1.82) is 0 Å². The molecule has 0 atom stereocenters. The maximum Gasteiger partial charge on any atom is 0.325 e. The lowest BCUT2D eigenvalue weighted by Crippen LogP contribution is -2.44. The van der Waals surface area contributed by atoms with Crippen molar-refractivity contribution in [2.24, 2.45) is 0 Å². The third kappa shape index (κ3) is 5.34. The van der Waals surface area contributed by atoms with Crippen molar-refractivity contribution >= 4 is 17.8 Å². The maximum absolute atomic E-state index is 12.3. The molecule has 1 aromatic heterocycles. The number of hydrogen-bond donors (Lipinski definition) is 1. The summed E-state index contributed by atoms with van der Waals surface area (Å²) in [6.07, 6.45) is 0.749. The molecule has 154 valence electrons. The second-order valence-corrected chi connectivity index (χ2v) is 6.57. The predicted molar refractivity (Wildman–Crippen MR) is 108 cm³/mol. The number of ether oxygens (including phenoxy) is 1. The van der Waals surface area contributed by atoms with E-state index < -0.39 is 5.97 Å². The number of rotatable bonds is 5. The van der Waals surface area contributed by atoms with Crippen molar-refractivity contribution < 1.29 is 14.3 Å². The number of para-hydroxylation sites is 1. The molecular weight excluding hydrogens is 374 g/mol. The van der Waals surface area contributed by atoms with Crippen LogP contribution in [0.2, 0.25) is 0 Å². The lowest BCUT2D eigenvalue weighted by molar-refractivity contribution is -0.141. The van der Waals surface area contributed by atoms with E-state index in [-0.39, 0.29) is 24.7 Å². The average Bonchev–Trinajstić information content (AvgIpc) is 3.00. The third-order valence-electron chi connectivity index (χ3n) is 4.58. The first kappa shape index (κ1) is 20.4. The summed E-state index contributed by atoms with van der Waals surface area (Å²) in [5, 5.41) is 7.10. The van der Waals surface area contributed by atoms with Crippen LogP contribution in [0, 0.1) is 0 Å². The first-order valence-corrected chi connectivity index (χ1v) is 9.67. The number of aromatic nitrogens is 2. The summed E-state index contributed by atoms with van der Waals surface area (Å²) in [5.41, 5.74) is 0.504. The van der Waals surface area contributed by atoms with Gasteiger partial charge in [-0.05, 0) is 31.5 Å². The normalized spacial score (nSPS) is 14.2. The summed E-state index contributed by atoms with van der Waals surface area (Å²) in [4.78, 5) is 39.7. The van der Waals surface area contributed by atoms with Gasteiger partial charge in [0.1, 0.15) is 12.4 Å². The second-order valence-electron chi connectivity index (χ2n) is 6.57. The van der Waals surface area contributed by atoms with Crippen molar-refractivity contribution in [2.45, 2.75) is 13.3 Å². The molecule has 1 aromatic carbocycles. The molecule has 1 aliphatic rings. The molecule has 3 rings (SSSR count). The van der Waals surface area contributed by atoms with Gasteiger partial charge in [-0.1, -0.05) is 18.2 Å². The molecule has 2 amide bonds. The van der Waals surface area contributed by atoms with Crippen LogP contribution >= 0.6 is 0 Å². The van der Waals surface area contributed by atoms with Gasteiger partial charge < -0.3 is 19.9 Å². The molecule has 1 aliphatic heterocycles. The molecule has 0 saturated carbocycles. The highest BCUT2D eigenvalue weighted by atomic mass is 16.5. The summed E-state index contributed by atoms with van der Waals surface area (Å²) in [5.74, 6) is 0.229. The summed E-state index contributed by atoms with van der Waals surface area (Å²) in [6, 6.07) is 12.2. The molecule has 1 saturated heterocycles. The fourth-order valence-electron chi connectivity index (χ4n) is 3.15. The Kier molecular flexibility index (Phi) is 6.83. The zero-order valence-corrected chi connectivity index (χ0v) is 16.4. The number of carbonyl (C=O) groups excluding carboxylic acids is 2. The van der Waals surface area contributed by atoms with E-state index in [1.807, 2.05) is 30.3 Å². The van der Waals surface area contributed by atoms with Crippen LogP contribution in [-0.2, 0) is 9.53 Å². The van der Waals surface area contributed by atoms with Gasteiger partial charge in [0.25, 0.3) is 5.56 Å². The molecule has 1 N–H and O–H groups in total. The number of hydrogen-bond acceptors (Lipinski definition) is 6. The molecule has 0 radical (unpaired) electrons. The standard InChI is InChI=1S/C20H25N5O4/c1-2-29-19(27)15-21-20(28)24-12-6-11-23(13-14-24)17-9-10-18(26)25(22-17)16-7-4-3-5-8-16/h3-5,7-10H,2,6,11-15H2,1H3,(H,21,28). The van der Waals surface area contributed by atoms with Gasteiger partial charge in [-0.15, -0.1) is 5.10 Å². The lowest BCUT2D eigenvalue weighted by atomic mass is 10.3. The number of nitrogens with one attached hydrogen (secondary N) is 1. The lowest BCUT2D eigenvalue weighted by Gasteiger charge is -2.23. The number of carbonyl (C=O) groups is 2. The van der Waals surface area contributed by atoms with Gasteiger partial charge in [-0.2, -0.15) is 4.68 Å². The number of amides is 2. The largest absolute Gasteiger partial charge is 0.465 e. The van der Waals surface area contributed by atoms with Crippen LogP contribution in [0.4, 0.5) is 10.6 Å². The Morgan fingerprint density at radius 2 is 1.86 bits per heavy atom. The molecule has 0 bridgehead atoms. The summed E-state index contributed by atoms with van der Waals surface area (Å²) in [7, 11) is 0. The van der Waals surface area contributed by atoms with E-state index in [0.717, 1.165) is 6.42 Å². The summed E-state index contributed by atoms with van der Waals surface area (Å²) >= 11 is 0. The second kappa shape index (κ2) is 9.72. The molecule has 0 spiro atoms. The number of nitrogens with zero attached hydrogens (tertiary/aromatic N) is 4. The smallest absolute Gasteiger partial charge is 0.325 e. The molecule has 2 heterocycles. The van der Waals surface area contributed by atoms with Gasteiger partial charge in [-0.3, -0.25) is 9.59 Å². The van der Waals surface area contributed by atoms with Crippen LogP contribution in [-0.4, -0.2) is 66.0 Å². The minimum atomic E-state index is -0.454. The first-order valence-electron chi connectivity index (χ1n) is 9.67. The van der Waals surface area contributed by atoms with Gasteiger partial charge in [0.05, 0.1) is 12.3 Å². The molecular formula is C20H25N5O4. The van der Waals surface area contributed by atoms with Gasteiger partial charge in [0, 0.05) is 32.2 Å². The molecule has 9 nitrogen and oxygen atoms in total. The number of benzene rings is 1. The number of urea groups is 1. The highest BCUT2D eigenvalue weighted by molar-refractivity contribution is 5.80. The van der Waals surface area contributed by atoms with Crippen molar-refractivity contribution in [2.75, 3.05) is 44.2 Å². The van der Waals surface area contributed by atoms with Crippen molar-refractivity contribution in [3.05, 3.63) is 52.8 Å². The zero-order chi connectivity index (χ0) is 20.6. The number of anilines is 1. The van der Waals surface area contributed by atoms with Gasteiger partial charge in [0.15, 0.2) is 0 Å². The highest BCUT2D eigenvalue weighted by Gasteiger charge is 2.21. The molecule has 29 heavy (non-hydrogen) atoms. The highest BCUT2D eigenvalue weighted by Crippen LogP contribution is 2.13. The van der Waals surface area contributed by atoms with Crippen LogP contribution < -0.4 is 15.8 Å². The molecule has 2 aromatic rings. The molecule has 0 aliphatic carbocycles. The van der Waals surface area contributed by atoms with Crippen LogP contribution in [0.15, 0.2) is 47.3 Å². The Labute approximate surface area is 168 Å². The predicted octanol–water partition coefficient (Wildman–Crippen LogP) is 1.02. The fourth-order valence-corrected chi connectivity index (χ4v) is 3.15. The van der Waals surface area contributed by atoms with E-state index in [0.29, 0.717) is 37.7 Å². The Hall–Kier alpha value is -3.36. The minimum absolute atomic E-state index is 0.142. The van der Waals surface area contributed by atoms with Crippen LogP contribution in [0.5, 0.6) is 0 Å². The fraction of sp³-hybridized carbons (Fsp3) is 0.400. The summed E-state index contributed by atoms with van der Waals surface area (Å²) in [6.45, 7) is 4.21. The SMILES string of the molecule is CCOC(=O)CNC(=O)N1CCCN(c2ccc(=O)n(-c3ccccc3)n2)CC1. The van der Waals surface area contributed by atoms with Crippen LogP contribution in [0.3, 0.4) is 0 Å². The van der Waals surface area contributed by atoms with Crippen LogP contribution in [0.25, 0.3) is 5.69 Å². The number of esters is 1. The van der Waals surface area contributed by atoms with E-state index in [1.54, 1.807) is 17.9 Å². The summed E-state index contributed by atoms with van der Waals surface area (Å²) < 4.78 is 6.20. The van der Waals surface area contributed by atoms with Crippen molar-refractivity contribution in [1.82, 2.24) is 20.0 Å². The van der Waals surface area contributed by atoms with E-state index in [9.17, 15) is 14.4 Å². The zero-order valence-electron chi connectivity index (χ0n) is 16.4. The van der Waals surface area contributed by atoms with Crippen molar-refractivity contribution in [3.8, 4) is 5.69 Å². The molecule has 9 heteroatoms. The Morgan fingerprint density at radius 3 is 2.62 bits per heavy atom. The monoisotopic (exact) mass is 399 g/mol. The Bertz CT molecular complexity index is 899. The minimum Gasteiger partial charge on any atom is -0.465 e.